The Bertz CT molecular complexity index is 846. The summed E-state index contributed by atoms with van der Waals surface area (Å²) in [4.78, 5) is 39.3. The molecule has 0 saturated carbocycles. The molecule has 2 aromatic rings. The van der Waals surface area contributed by atoms with Crippen molar-refractivity contribution >= 4 is 29.1 Å². The first-order valence-corrected chi connectivity index (χ1v) is 10.4. The summed E-state index contributed by atoms with van der Waals surface area (Å²) in [7, 11) is 0. The molecule has 1 aliphatic heterocycles. The Morgan fingerprint density at radius 2 is 1.90 bits per heavy atom. The van der Waals surface area contributed by atoms with Gasteiger partial charge in [-0.15, -0.1) is 11.3 Å². The lowest BCUT2D eigenvalue weighted by atomic mass is 9.97. The molecule has 154 valence electrons. The van der Waals surface area contributed by atoms with Crippen LogP contribution in [0.1, 0.15) is 35.0 Å². The summed E-state index contributed by atoms with van der Waals surface area (Å²) >= 11 is 1.40. The summed E-state index contributed by atoms with van der Waals surface area (Å²) in [5.41, 5.74) is 0.751. The lowest BCUT2D eigenvalue weighted by molar-refractivity contribution is -0.160. The number of nitrogens with one attached hydrogen (secondary N) is 1. The lowest BCUT2D eigenvalue weighted by Gasteiger charge is -2.31. The largest absolute Gasteiger partial charge is 0.452 e. The number of carbonyl (C=O) groups is 3. The molecular formula is C21H23FN2O4S. The van der Waals surface area contributed by atoms with Gasteiger partial charge in [-0.05, 0) is 48.9 Å². The highest BCUT2D eigenvalue weighted by Gasteiger charge is 2.30. The number of esters is 1. The molecule has 2 amide bonds. The van der Waals surface area contributed by atoms with Crippen molar-refractivity contribution in [3.63, 3.8) is 0 Å². The molecule has 29 heavy (non-hydrogen) atoms. The number of rotatable bonds is 6. The quantitative estimate of drug-likeness (QED) is 0.732. The molecule has 0 radical (unpaired) electrons. The molecule has 0 aliphatic carbocycles. The maximum Gasteiger partial charge on any atom is 0.309 e. The SMILES string of the molecule is C[C@H](OC(=O)C1CCN(C(=O)c2cccs2)CC1)C(=O)NCc1ccc(F)cc1. The van der Waals surface area contributed by atoms with Crippen molar-refractivity contribution in [3.8, 4) is 0 Å². The molecule has 1 saturated heterocycles. The van der Waals surface area contributed by atoms with E-state index in [1.54, 1.807) is 23.1 Å². The van der Waals surface area contributed by atoms with Gasteiger partial charge in [0.2, 0.25) is 0 Å². The molecule has 8 heteroatoms. The Kier molecular flexibility index (Phi) is 6.98. The van der Waals surface area contributed by atoms with E-state index >= 15 is 0 Å². The Labute approximate surface area is 172 Å². The van der Waals surface area contributed by atoms with Gasteiger partial charge in [-0.25, -0.2) is 4.39 Å². The molecule has 1 aromatic heterocycles. The van der Waals surface area contributed by atoms with E-state index in [2.05, 4.69) is 5.32 Å². The molecule has 6 nitrogen and oxygen atoms in total. The molecule has 1 aromatic carbocycles. The van der Waals surface area contributed by atoms with Crippen LogP contribution in [-0.2, 0) is 20.9 Å². The summed E-state index contributed by atoms with van der Waals surface area (Å²) in [5.74, 6) is -1.51. The third kappa shape index (κ3) is 5.63. The molecule has 1 aliphatic rings. The first kappa shape index (κ1) is 21.0. The minimum absolute atomic E-state index is 0.0136. The van der Waals surface area contributed by atoms with Crippen LogP contribution < -0.4 is 5.32 Å². The lowest BCUT2D eigenvalue weighted by Crippen LogP contribution is -2.42. The van der Waals surface area contributed by atoms with E-state index in [0.29, 0.717) is 30.8 Å². The molecule has 1 atom stereocenters. The average Bonchev–Trinajstić information content (AvgIpc) is 3.27. The number of hydrogen-bond donors (Lipinski definition) is 1. The van der Waals surface area contributed by atoms with Crippen LogP contribution in [0.25, 0.3) is 0 Å². The first-order chi connectivity index (χ1) is 13.9. The van der Waals surface area contributed by atoms with Crippen LogP contribution in [0.4, 0.5) is 4.39 Å². The number of carbonyl (C=O) groups excluding carboxylic acids is 3. The van der Waals surface area contributed by atoms with Crippen LogP contribution in [0.5, 0.6) is 0 Å². The predicted octanol–water partition coefficient (Wildman–Crippen LogP) is 2.99. The second-order valence-corrected chi connectivity index (χ2v) is 7.91. The normalized spacial score (nSPS) is 15.6. The number of thiophene rings is 1. The summed E-state index contributed by atoms with van der Waals surface area (Å²) in [6.45, 7) is 2.72. The predicted molar refractivity (Wildman–Crippen MR) is 107 cm³/mol. The van der Waals surface area contributed by atoms with Crippen molar-refractivity contribution < 1.29 is 23.5 Å². The third-order valence-electron chi connectivity index (χ3n) is 4.89. The zero-order valence-electron chi connectivity index (χ0n) is 16.1. The van der Waals surface area contributed by atoms with E-state index in [4.69, 9.17) is 4.74 Å². The van der Waals surface area contributed by atoms with Gasteiger partial charge in [0.25, 0.3) is 11.8 Å². The molecule has 2 heterocycles. The van der Waals surface area contributed by atoms with Crippen LogP contribution in [0.2, 0.25) is 0 Å². The van der Waals surface area contributed by atoms with Crippen LogP contribution in [0.15, 0.2) is 41.8 Å². The molecule has 0 bridgehead atoms. The van der Waals surface area contributed by atoms with Gasteiger partial charge < -0.3 is 15.0 Å². The number of hydrogen-bond acceptors (Lipinski definition) is 5. The van der Waals surface area contributed by atoms with Crippen LogP contribution >= 0.6 is 11.3 Å². The van der Waals surface area contributed by atoms with Crippen molar-refractivity contribution in [2.24, 2.45) is 5.92 Å². The van der Waals surface area contributed by atoms with Crippen molar-refractivity contribution in [2.75, 3.05) is 13.1 Å². The van der Waals surface area contributed by atoms with Gasteiger partial charge in [-0.3, -0.25) is 14.4 Å². The Hall–Kier alpha value is -2.74. The number of amides is 2. The highest BCUT2D eigenvalue weighted by molar-refractivity contribution is 7.12. The van der Waals surface area contributed by atoms with Crippen molar-refractivity contribution in [1.82, 2.24) is 10.2 Å². The van der Waals surface area contributed by atoms with Crippen LogP contribution in [0, 0.1) is 11.7 Å². The van der Waals surface area contributed by atoms with Crippen LogP contribution in [0.3, 0.4) is 0 Å². The third-order valence-corrected chi connectivity index (χ3v) is 5.75. The van der Waals surface area contributed by atoms with Crippen molar-refractivity contribution in [1.29, 1.82) is 0 Å². The molecule has 3 rings (SSSR count). The summed E-state index contributed by atoms with van der Waals surface area (Å²) < 4.78 is 18.2. The molecule has 1 fully saturated rings. The second kappa shape index (κ2) is 9.65. The van der Waals surface area contributed by atoms with E-state index in [1.807, 2.05) is 11.4 Å². The molecular weight excluding hydrogens is 395 g/mol. The fraction of sp³-hybridized carbons (Fsp3) is 0.381. The zero-order chi connectivity index (χ0) is 20.8. The number of piperidine rings is 1. The summed E-state index contributed by atoms with van der Waals surface area (Å²) in [6.07, 6.45) is 0.105. The number of halogens is 1. The molecule has 1 N–H and O–H groups in total. The van der Waals surface area contributed by atoms with Gasteiger partial charge in [0, 0.05) is 19.6 Å². The summed E-state index contributed by atoms with van der Waals surface area (Å²) in [6, 6.07) is 9.43. The van der Waals surface area contributed by atoms with Gasteiger partial charge in [-0.2, -0.15) is 0 Å². The number of ether oxygens (including phenoxy) is 1. The van der Waals surface area contributed by atoms with Gasteiger partial charge in [0.1, 0.15) is 5.82 Å². The minimum atomic E-state index is -0.922. The highest BCUT2D eigenvalue weighted by atomic mass is 32.1. The minimum Gasteiger partial charge on any atom is -0.452 e. The number of benzene rings is 1. The van der Waals surface area contributed by atoms with E-state index < -0.39 is 18.0 Å². The fourth-order valence-electron chi connectivity index (χ4n) is 3.13. The van der Waals surface area contributed by atoms with Crippen molar-refractivity contribution in [2.45, 2.75) is 32.4 Å². The van der Waals surface area contributed by atoms with Crippen LogP contribution in [-0.4, -0.2) is 41.9 Å². The average molecular weight is 418 g/mol. The Balaban J connectivity index is 1.42. The summed E-state index contributed by atoms with van der Waals surface area (Å²) in [5, 5.41) is 4.53. The Morgan fingerprint density at radius 3 is 2.52 bits per heavy atom. The zero-order valence-corrected chi connectivity index (χ0v) is 16.9. The van der Waals surface area contributed by atoms with E-state index in [-0.39, 0.29) is 24.2 Å². The van der Waals surface area contributed by atoms with E-state index in [9.17, 15) is 18.8 Å². The van der Waals surface area contributed by atoms with E-state index in [0.717, 1.165) is 5.56 Å². The maximum atomic E-state index is 12.9. The van der Waals surface area contributed by atoms with Gasteiger partial charge in [-0.1, -0.05) is 18.2 Å². The number of likely N-dealkylation sites (tertiary alicyclic amines) is 1. The topological polar surface area (TPSA) is 75.7 Å². The second-order valence-electron chi connectivity index (χ2n) is 6.97. The monoisotopic (exact) mass is 418 g/mol. The maximum absolute atomic E-state index is 12.9. The fourth-order valence-corrected chi connectivity index (χ4v) is 3.82. The van der Waals surface area contributed by atoms with Gasteiger partial charge in [0.05, 0.1) is 10.8 Å². The van der Waals surface area contributed by atoms with Gasteiger partial charge >= 0.3 is 5.97 Å². The molecule has 0 unspecified atom stereocenters. The smallest absolute Gasteiger partial charge is 0.309 e. The highest BCUT2D eigenvalue weighted by Crippen LogP contribution is 2.22. The van der Waals surface area contributed by atoms with Gasteiger partial charge in [0.15, 0.2) is 6.10 Å². The first-order valence-electron chi connectivity index (χ1n) is 9.49. The van der Waals surface area contributed by atoms with Crippen molar-refractivity contribution in [3.05, 3.63) is 58.0 Å². The number of nitrogens with zero attached hydrogens (tertiary/aromatic N) is 1. The Morgan fingerprint density at radius 1 is 1.21 bits per heavy atom. The molecule has 0 spiro atoms. The van der Waals surface area contributed by atoms with E-state index in [1.165, 1.54) is 30.4 Å². The standard InChI is InChI=1S/C21H23FN2O4S/c1-14(19(25)23-13-15-4-6-17(22)7-5-15)28-21(27)16-8-10-24(11-9-16)20(26)18-3-2-12-29-18/h2-7,12,14,16H,8-11,13H2,1H3,(H,23,25)/t14-/m0/s1.